The molecular formula is C25H17FN4O3. The first-order chi connectivity index (χ1) is 16.0. The quantitative estimate of drug-likeness (QED) is 0.418. The van der Waals surface area contributed by atoms with Gasteiger partial charge in [0.2, 0.25) is 0 Å². The van der Waals surface area contributed by atoms with E-state index >= 15 is 0 Å². The predicted octanol–water partition coefficient (Wildman–Crippen LogP) is 4.05. The van der Waals surface area contributed by atoms with Crippen LogP contribution < -0.4 is 16.2 Å². The molecule has 0 unspecified atom stereocenters. The standard InChI is InChI=1S/C25H17FN4O3/c26-15-5-8-18(9-6-15)30-12-2-4-20(25(30)33)23(31)28-17-7-10-19-21(13-16-3-1-11-27-16)24(32)29-22(19)14-17/h1-14,27H,(H,28,31)(H,29,32)/b21-13-. The first kappa shape index (κ1) is 20.2. The van der Waals surface area contributed by atoms with E-state index in [-0.39, 0.29) is 11.5 Å². The molecule has 1 aliphatic rings. The lowest BCUT2D eigenvalue weighted by atomic mass is 10.1. The van der Waals surface area contributed by atoms with E-state index in [4.69, 9.17) is 0 Å². The van der Waals surface area contributed by atoms with Gasteiger partial charge in [-0.1, -0.05) is 6.07 Å². The molecule has 0 bridgehead atoms. The van der Waals surface area contributed by atoms with Gasteiger partial charge in [0.05, 0.1) is 11.3 Å². The highest BCUT2D eigenvalue weighted by atomic mass is 19.1. The third-order valence-corrected chi connectivity index (χ3v) is 5.28. The number of nitrogens with zero attached hydrogens (tertiary/aromatic N) is 1. The topological polar surface area (TPSA) is 96.0 Å². The smallest absolute Gasteiger partial charge is 0.267 e. The normalized spacial score (nSPS) is 13.6. The van der Waals surface area contributed by atoms with Gasteiger partial charge in [-0.15, -0.1) is 0 Å². The molecule has 1 aliphatic heterocycles. The molecule has 0 aliphatic carbocycles. The molecule has 3 N–H and O–H groups in total. The zero-order valence-corrected chi connectivity index (χ0v) is 17.1. The Kier molecular flexibility index (Phi) is 4.95. The van der Waals surface area contributed by atoms with Crippen molar-refractivity contribution < 1.29 is 14.0 Å². The minimum Gasteiger partial charge on any atom is -0.362 e. The summed E-state index contributed by atoms with van der Waals surface area (Å²) in [4.78, 5) is 41.1. The third-order valence-electron chi connectivity index (χ3n) is 5.28. The second kappa shape index (κ2) is 8.08. The number of pyridine rings is 1. The lowest BCUT2D eigenvalue weighted by Gasteiger charge is -2.10. The Morgan fingerprint density at radius 1 is 1.00 bits per heavy atom. The highest BCUT2D eigenvalue weighted by molar-refractivity contribution is 6.35. The highest BCUT2D eigenvalue weighted by Crippen LogP contribution is 2.35. The van der Waals surface area contributed by atoms with Crippen LogP contribution in [0.2, 0.25) is 0 Å². The maximum Gasteiger partial charge on any atom is 0.267 e. The average molecular weight is 440 g/mol. The number of amides is 2. The lowest BCUT2D eigenvalue weighted by molar-refractivity contribution is -0.110. The Labute approximate surface area is 187 Å². The van der Waals surface area contributed by atoms with Crippen LogP contribution in [0.25, 0.3) is 17.3 Å². The first-order valence-electron chi connectivity index (χ1n) is 10.1. The summed E-state index contributed by atoms with van der Waals surface area (Å²) in [7, 11) is 0. The number of rotatable bonds is 4. The predicted molar refractivity (Wildman–Crippen MR) is 124 cm³/mol. The van der Waals surface area contributed by atoms with E-state index in [0.29, 0.717) is 28.2 Å². The van der Waals surface area contributed by atoms with E-state index in [2.05, 4.69) is 15.6 Å². The number of fused-ring (bicyclic) bond motifs is 1. The lowest BCUT2D eigenvalue weighted by Crippen LogP contribution is -2.27. The monoisotopic (exact) mass is 440 g/mol. The van der Waals surface area contributed by atoms with Gasteiger partial charge in [0.1, 0.15) is 11.4 Å². The molecule has 0 spiro atoms. The second-order valence-electron chi connectivity index (χ2n) is 7.43. The number of carbonyl (C=O) groups excluding carboxylic acids is 2. The van der Waals surface area contributed by atoms with Crippen LogP contribution in [0.15, 0.2) is 83.9 Å². The molecule has 8 heteroatoms. The number of H-pyrrole nitrogens is 1. The van der Waals surface area contributed by atoms with Crippen molar-refractivity contribution in [2.24, 2.45) is 0 Å². The fraction of sp³-hybridized carbons (Fsp3) is 0. The van der Waals surface area contributed by atoms with Crippen LogP contribution in [0.5, 0.6) is 0 Å². The van der Waals surface area contributed by atoms with Crippen molar-refractivity contribution in [1.82, 2.24) is 9.55 Å². The van der Waals surface area contributed by atoms with Gasteiger partial charge in [0.15, 0.2) is 0 Å². The van der Waals surface area contributed by atoms with Crippen LogP contribution in [0.3, 0.4) is 0 Å². The van der Waals surface area contributed by atoms with Crippen molar-refractivity contribution >= 4 is 34.8 Å². The molecule has 7 nitrogen and oxygen atoms in total. The summed E-state index contributed by atoms with van der Waals surface area (Å²) in [6.45, 7) is 0. The Morgan fingerprint density at radius 2 is 1.82 bits per heavy atom. The summed E-state index contributed by atoms with van der Waals surface area (Å²) in [5.74, 6) is -1.26. The Hall–Kier alpha value is -4.72. The van der Waals surface area contributed by atoms with Gasteiger partial charge in [0, 0.05) is 35.0 Å². The van der Waals surface area contributed by atoms with E-state index < -0.39 is 17.3 Å². The van der Waals surface area contributed by atoms with Crippen molar-refractivity contribution in [2.75, 3.05) is 10.6 Å². The van der Waals surface area contributed by atoms with Crippen LogP contribution >= 0.6 is 0 Å². The van der Waals surface area contributed by atoms with Gasteiger partial charge in [-0.2, -0.15) is 0 Å². The van der Waals surface area contributed by atoms with Gasteiger partial charge in [-0.05, 0) is 66.7 Å². The molecule has 2 aromatic heterocycles. The summed E-state index contributed by atoms with van der Waals surface area (Å²) >= 11 is 0. The molecule has 0 fully saturated rings. The van der Waals surface area contributed by atoms with E-state index in [1.165, 1.54) is 41.1 Å². The van der Waals surface area contributed by atoms with Crippen LogP contribution in [0.1, 0.15) is 21.6 Å². The third kappa shape index (κ3) is 3.85. The summed E-state index contributed by atoms with van der Waals surface area (Å²) in [5, 5.41) is 5.49. The molecule has 0 atom stereocenters. The number of anilines is 2. The van der Waals surface area contributed by atoms with E-state index in [1.807, 2.05) is 12.1 Å². The molecule has 33 heavy (non-hydrogen) atoms. The van der Waals surface area contributed by atoms with Crippen LogP contribution in [-0.4, -0.2) is 21.4 Å². The molecule has 2 amide bonds. The van der Waals surface area contributed by atoms with Gasteiger partial charge < -0.3 is 15.6 Å². The molecule has 0 saturated heterocycles. The van der Waals surface area contributed by atoms with Gasteiger partial charge >= 0.3 is 0 Å². The SMILES string of the molecule is O=C1Nc2cc(NC(=O)c3cccn(-c4ccc(F)cc4)c3=O)ccc2/C1=C/c1ccc[nH]1. The van der Waals surface area contributed by atoms with Crippen molar-refractivity contribution in [2.45, 2.75) is 0 Å². The fourth-order valence-corrected chi connectivity index (χ4v) is 3.68. The van der Waals surface area contributed by atoms with Gasteiger partial charge in [0.25, 0.3) is 17.4 Å². The maximum atomic E-state index is 13.2. The largest absolute Gasteiger partial charge is 0.362 e. The summed E-state index contributed by atoms with van der Waals surface area (Å²) in [6, 6.07) is 17.1. The summed E-state index contributed by atoms with van der Waals surface area (Å²) < 4.78 is 14.5. The zero-order chi connectivity index (χ0) is 22.9. The fourth-order valence-electron chi connectivity index (χ4n) is 3.68. The molecule has 4 aromatic rings. The molecular weight excluding hydrogens is 423 g/mol. The minimum atomic E-state index is -0.595. The second-order valence-corrected chi connectivity index (χ2v) is 7.43. The number of halogens is 1. The number of benzene rings is 2. The molecule has 5 rings (SSSR count). The average Bonchev–Trinajstić information content (AvgIpc) is 3.42. The number of hydrogen-bond acceptors (Lipinski definition) is 3. The Balaban J connectivity index is 1.41. The minimum absolute atomic E-state index is 0.0707. The number of aromatic amines is 1. The van der Waals surface area contributed by atoms with Gasteiger partial charge in [-0.3, -0.25) is 19.0 Å². The number of nitrogens with one attached hydrogen (secondary N) is 3. The molecule has 2 aromatic carbocycles. The van der Waals surface area contributed by atoms with Crippen molar-refractivity contribution in [3.63, 3.8) is 0 Å². The highest BCUT2D eigenvalue weighted by Gasteiger charge is 2.25. The Bertz CT molecular complexity index is 1470. The molecule has 0 saturated carbocycles. The van der Waals surface area contributed by atoms with E-state index in [0.717, 1.165) is 5.69 Å². The molecule has 0 radical (unpaired) electrons. The zero-order valence-electron chi connectivity index (χ0n) is 17.1. The molecule has 3 heterocycles. The van der Waals surface area contributed by atoms with Crippen LogP contribution in [0.4, 0.5) is 15.8 Å². The van der Waals surface area contributed by atoms with Crippen LogP contribution in [-0.2, 0) is 4.79 Å². The van der Waals surface area contributed by atoms with E-state index in [1.54, 1.807) is 36.5 Å². The number of carbonyl (C=O) groups is 2. The van der Waals surface area contributed by atoms with Crippen LogP contribution in [0, 0.1) is 5.82 Å². The molecule has 162 valence electrons. The van der Waals surface area contributed by atoms with Gasteiger partial charge in [-0.25, -0.2) is 4.39 Å². The Morgan fingerprint density at radius 3 is 2.58 bits per heavy atom. The van der Waals surface area contributed by atoms with E-state index in [9.17, 15) is 18.8 Å². The summed E-state index contributed by atoms with van der Waals surface area (Å²) in [6.07, 6.45) is 5.03. The van der Waals surface area contributed by atoms with Crippen molar-refractivity contribution in [1.29, 1.82) is 0 Å². The number of hydrogen-bond donors (Lipinski definition) is 3. The van der Waals surface area contributed by atoms with Crippen molar-refractivity contribution in [3.8, 4) is 5.69 Å². The summed E-state index contributed by atoms with van der Waals surface area (Å²) in [5.41, 5.74) is 2.85. The maximum absolute atomic E-state index is 13.2. The number of aromatic nitrogens is 2. The van der Waals surface area contributed by atoms with Crippen molar-refractivity contribution in [3.05, 3.63) is 112 Å². The first-order valence-corrected chi connectivity index (χ1v) is 10.1.